The van der Waals surface area contributed by atoms with E-state index in [1.165, 1.54) is 27.2 Å². The maximum absolute atomic E-state index is 4.92. The average Bonchev–Trinajstić information content (AvgIpc) is 2.73. The zero-order valence-corrected chi connectivity index (χ0v) is 16.2. The molecule has 0 aliphatic heterocycles. The smallest absolute Gasteiger partial charge is 0.0737 e. The summed E-state index contributed by atoms with van der Waals surface area (Å²) in [4.78, 5) is 7.40. The highest BCUT2D eigenvalue weighted by molar-refractivity contribution is 6.18. The highest BCUT2D eigenvalue weighted by Gasteiger charge is 2.11. The van der Waals surface area contributed by atoms with Gasteiger partial charge in [0, 0.05) is 17.3 Å². The first kappa shape index (κ1) is 17.7. The quantitative estimate of drug-likeness (QED) is 0.262. The fraction of sp³-hybridized carbons (Fsp3) is 0.292. The SMILES string of the molecule is CCN(CC)CCCNc1c2ccccc2nc2ccc3ccccc3c12. The molecule has 3 heteroatoms. The first-order valence-electron chi connectivity index (χ1n) is 9.98. The van der Waals surface area contributed by atoms with Crippen LogP contribution in [0.4, 0.5) is 5.69 Å². The van der Waals surface area contributed by atoms with E-state index in [4.69, 9.17) is 4.98 Å². The number of hydrogen-bond donors (Lipinski definition) is 1. The molecule has 0 atom stereocenters. The van der Waals surface area contributed by atoms with E-state index in [0.29, 0.717) is 0 Å². The van der Waals surface area contributed by atoms with E-state index >= 15 is 0 Å². The molecule has 0 aliphatic carbocycles. The number of rotatable bonds is 7. The average molecular weight is 358 g/mol. The van der Waals surface area contributed by atoms with Gasteiger partial charge in [-0.1, -0.05) is 62.4 Å². The fourth-order valence-electron chi connectivity index (χ4n) is 3.90. The zero-order chi connectivity index (χ0) is 18.6. The van der Waals surface area contributed by atoms with Crippen molar-refractivity contribution < 1.29 is 0 Å². The molecule has 4 rings (SSSR count). The Morgan fingerprint density at radius 3 is 2.37 bits per heavy atom. The second-order valence-corrected chi connectivity index (χ2v) is 6.99. The fourth-order valence-corrected chi connectivity index (χ4v) is 3.90. The third kappa shape index (κ3) is 3.47. The highest BCUT2D eigenvalue weighted by atomic mass is 15.1. The van der Waals surface area contributed by atoms with E-state index in [1.54, 1.807) is 0 Å². The molecule has 1 heterocycles. The molecule has 3 aromatic carbocycles. The Balaban J connectivity index is 1.78. The molecular formula is C24H27N3. The molecule has 0 saturated carbocycles. The van der Waals surface area contributed by atoms with Gasteiger partial charge in [-0.05, 0) is 49.0 Å². The number of pyridine rings is 1. The summed E-state index contributed by atoms with van der Waals surface area (Å²) in [7, 11) is 0. The van der Waals surface area contributed by atoms with Gasteiger partial charge in [0.25, 0.3) is 0 Å². The van der Waals surface area contributed by atoms with Gasteiger partial charge in [0.1, 0.15) is 0 Å². The minimum absolute atomic E-state index is 0.961. The van der Waals surface area contributed by atoms with Crippen LogP contribution in [0.5, 0.6) is 0 Å². The van der Waals surface area contributed by atoms with Gasteiger partial charge in [0.15, 0.2) is 0 Å². The summed E-state index contributed by atoms with van der Waals surface area (Å²) in [6.07, 6.45) is 1.13. The summed E-state index contributed by atoms with van der Waals surface area (Å²) in [6.45, 7) is 8.77. The lowest BCUT2D eigenvalue weighted by Crippen LogP contribution is -2.25. The third-order valence-electron chi connectivity index (χ3n) is 5.42. The van der Waals surface area contributed by atoms with Gasteiger partial charge in [0.05, 0.1) is 16.7 Å². The molecule has 0 unspecified atom stereocenters. The minimum atomic E-state index is 0.961. The van der Waals surface area contributed by atoms with Crippen LogP contribution in [-0.4, -0.2) is 36.1 Å². The van der Waals surface area contributed by atoms with E-state index in [2.05, 4.69) is 84.7 Å². The maximum Gasteiger partial charge on any atom is 0.0737 e. The van der Waals surface area contributed by atoms with Crippen LogP contribution < -0.4 is 5.32 Å². The minimum Gasteiger partial charge on any atom is -0.384 e. The van der Waals surface area contributed by atoms with Gasteiger partial charge in [-0.25, -0.2) is 4.98 Å². The van der Waals surface area contributed by atoms with E-state index in [1.807, 2.05) is 0 Å². The molecule has 0 bridgehead atoms. The first-order valence-corrected chi connectivity index (χ1v) is 9.98. The topological polar surface area (TPSA) is 28.2 Å². The van der Waals surface area contributed by atoms with Crippen LogP contribution in [0.15, 0.2) is 60.7 Å². The molecular weight excluding hydrogens is 330 g/mol. The van der Waals surface area contributed by atoms with Crippen LogP contribution >= 0.6 is 0 Å². The van der Waals surface area contributed by atoms with Crippen LogP contribution in [0.2, 0.25) is 0 Å². The molecule has 3 nitrogen and oxygen atoms in total. The lowest BCUT2D eigenvalue weighted by molar-refractivity contribution is 0.303. The van der Waals surface area contributed by atoms with Gasteiger partial charge >= 0.3 is 0 Å². The van der Waals surface area contributed by atoms with Crippen LogP contribution in [0.25, 0.3) is 32.6 Å². The van der Waals surface area contributed by atoms with Crippen molar-refractivity contribution in [1.29, 1.82) is 0 Å². The van der Waals surface area contributed by atoms with E-state index in [-0.39, 0.29) is 0 Å². The molecule has 1 N–H and O–H groups in total. The Hall–Kier alpha value is -2.65. The molecule has 4 aromatic rings. The van der Waals surface area contributed by atoms with E-state index < -0.39 is 0 Å². The maximum atomic E-state index is 4.92. The van der Waals surface area contributed by atoms with Crippen molar-refractivity contribution in [1.82, 2.24) is 9.88 Å². The summed E-state index contributed by atoms with van der Waals surface area (Å²) in [5, 5.41) is 8.71. The van der Waals surface area contributed by atoms with E-state index in [9.17, 15) is 0 Å². The van der Waals surface area contributed by atoms with Crippen molar-refractivity contribution in [2.75, 3.05) is 31.5 Å². The molecule has 27 heavy (non-hydrogen) atoms. The van der Waals surface area contributed by atoms with Crippen molar-refractivity contribution >= 4 is 38.3 Å². The number of anilines is 1. The molecule has 138 valence electrons. The Morgan fingerprint density at radius 1 is 0.815 bits per heavy atom. The Morgan fingerprint density at radius 2 is 1.56 bits per heavy atom. The summed E-state index contributed by atoms with van der Waals surface area (Å²) in [5.74, 6) is 0. The zero-order valence-electron chi connectivity index (χ0n) is 16.2. The summed E-state index contributed by atoms with van der Waals surface area (Å²) >= 11 is 0. The number of benzene rings is 3. The van der Waals surface area contributed by atoms with Crippen molar-refractivity contribution in [3.63, 3.8) is 0 Å². The number of fused-ring (bicyclic) bond motifs is 4. The van der Waals surface area contributed by atoms with Crippen molar-refractivity contribution in [3.8, 4) is 0 Å². The van der Waals surface area contributed by atoms with E-state index in [0.717, 1.165) is 43.6 Å². The van der Waals surface area contributed by atoms with Gasteiger partial charge in [-0.2, -0.15) is 0 Å². The van der Waals surface area contributed by atoms with Crippen molar-refractivity contribution in [2.45, 2.75) is 20.3 Å². The first-order chi connectivity index (χ1) is 13.3. The number of nitrogens with one attached hydrogen (secondary N) is 1. The van der Waals surface area contributed by atoms with Gasteiger partial charge in [-0.15, -0.1) is 0 Å². The molecule has 0 fully saturated rings. The third-order valence-corrected chi connectivity index (χ3v) is 5.42. The Labute approximate surface area is 161 Å². The van der Waals surface area contributed by atoms with Crippen LogP contribution in [0.1, 0.15) is 20.3 Å². The highest BCUT2D eigenvalue weighted by Crippen LogP contribution is 2.35. The molecule has 0 radical (unpaired) electrons. The molecule has 0 spiro atoms. The number of aromatic nitrogens is 1. The lowest BCUT2D eigenvalue weighted by atomic mass is 10.0. The normalized spacial score (nSPS) is 11.7. The monoisotopic (exact) mass is 357 g/mol. The van der Waals surface area contributed by atoms with Crippen molar-refractivity contribution in [2.24, 2.45) is 0 Å². The van der Waals surface area contributed by atoms with Crippen LogP contribution in [0.3, 0.4) is 0 Å². The predicted octanol–water partition coefficient (Wildman–Crippen LogP) is 5.69. The second-order valence-electron chi connectivity index (χ2n) is 6.99. The predicted molar refractivity (Wildman–Crippen MR) is 118 cm³/mol. The molecule has 1 aromatic heterocycles. The summed E-state index contributed by atoms with van der Waals surface area (Å²) in [6, 6.07) is 21.3. The lowest BCUT2D eigenvalue weighted by Gasteiger charge is -2.19. The van der Waals surface area contributed by atoms with Gasteiger partial charge in [-0.3, -0.25) is 0 Å². The standard InChI is InChI=1S/C24H27N3/c1-3-27(4-2)17-9-16-25-24-20-12-7-8-13-21(20)26-22-15-14-18-10-5-6-11-19(18)23(22)24/h5-8,10-15H,3-4,9,16-17H2,1-2H3,(H,25,26). The summed E-state index contributed by atoms with van der Waals surface area (Å²) < 4.78 is 0. The molecule has 0 saturated heterocycles. The number of para-hydroxylation sites is 1. The van der Waals surface area contributed by atoms with Gasteiger partial charge < -0.3 is 10.2 Å². The van der Waals surface area contributed by atoms with Crippen LogP contribution in [-0.2, 0) is 0 Å². The molecule has 0 aliphatic rings. The number of hydrogen-bond acceptors (Lipinski definition) is 3. The molecule has 0 amide bonds. The van der Waals surface area contributed by atoms with Crippen molar-refractivity contribution in [3.05, 3.63) is 60.7 Å². The Bertz CT molecular complexity index is 1070. The van der Waals surface area contributed by atoms with Crippen LogP contribution in [0, 0.1) is 0 Å². The number of nitrogens with zero attached hydrogens (tertiary/aromatic N) is 2. The second kappa shape index (κ2) is 7.93. The summed E-state index contributed by atoms with van der Waals surface area (Å²) in [5.41, 5.74) is 3.32. The Kier molecular flexibility index (Phi) is 5.21. The van der Waals surface area contributed by atoms with Gasteiger partial charge in [0.2, 0.25) is 0 Å². The largest absolute Gasteiger partial charge is 0.384 e.